The van der Waals surface area contributed by atoms with Gasteiger partial charge in [-0.1, -0.05) is 0 Å². The summed E-state index contributed by atoms with van der Waals surface area (Å²) in [5, 5.41) is 18.3. The van der Waals surface area contributed by atoms with Crippen LogP contribution in [-0.4, -0.2) is 40.9 Å². The van der Waals surface area contributed by atoms with E-state index in [1.54, 1.807) is 25.8 Å². The van der Waals surface area contributed by atoms with E-state index in [0.717, 1.165) is 33.6 Å². The second kappa shape index (κ2) is 7.59. The average molecular weight is 428 g/mol. The summed E-state index contributed by atoms with van der Waals surface area (Å²) < 4.78 is 17.9. The number of nitrogens with zero attached hydrogens (tertiary/aromatic N) is 3. The van der Waals surface area contributed by atoms with Crippen LogP contribution in [0.3, 0.4) is 0 Å². The molecule has 3 aromatic heterocycles. The number of hydrogen-bond donors (Lipinski definition) is 3. The molecule has 3 N–H and O–H groups in total. The molecule has 0 saturated heterocycles. The monoisotopic (exact) mass is 428 g/mol. The number of aromatic amines is 2. The molecule has 5 rings (SSSR count). The molecule has 2 aromatic carbocycles. The molecule has 5 aromatic rings. The first-order chi connectivity index (χ1) is 15.7. The number of nitriles is 1. The van der Waals surface area contributed by atoms with Crippen molar-refractivity contribution in [2.24, 2.45) is 0 Å². The highest BCUT2D eigenvalue weighted by atomic mass is 16.5. The Morgan fingerprint density at radius 2 is 1.88 bits per heavy atom. The normalized spacial score (nSPS) is 10.9. The smallest absolute Gasteiger partial charge is 0.162 e. The van der Waals surface area contributed by atoms with E-state index in [0.29, 0.717) is 28.5 Å². The zero-order chi connectivity index (χ0) is 22.2. The molecule has 0 saturated carbocycles. The van der Waals surface area contributed by atoms with Crippen LogP contribution in [0.2, 0.25) is 0 Å². The maximum absolute atomic E-state index is 9.51. The highest BCUT2D eigenvalue weighted by molar-refractivity contribution is 5.99. The lowest BCUT2D eigenvalue weighted by atomic mass is 10.1. The minimum atomic E-state index is 0.448. The summed E-state index contributed by atoms with van der Waals surface area (Å²) in [5.74, 6) is 2.66. The fourth-order valence-corrected chi connectivity index (χ4v) is 3.80. The molecule has 0 fully saturated rings. The molecule has 0 atom stereocenters. The van der Waals surface area contributed by atoms with Gasteiger partial charge in [0, 0.05) is 34.4 Å². The molecule has 0 spiro atoms. The molecule has 9 heteroatoms. The van der Waals surface area contributed by atoms with Crippen LogP contribution in [0, 0.1) is 11.3 Å². The summed E-state index contributed by atoms with van der Waals surface area (Å²) in [6.45, 7) is 0. The van der Waals surface area contributed by atoms with Crippen molar-refractivity contribution in [2.75, 3.05) is 26.6 Å². The Hall–Kier alpha value is -4.58. The zero-order valence-corrected chi connectivity index (χ0v) is 17.7. The van der Waals surface area contributed by atoms with Crippen molar-refractivity contribution < 1.29 is 14.2 Å². The largest absolute Gasteiger partial charge is 0.497 e. The number of nitrogens with one attached hydrogen (secondary N) is 3. The van der Waals surface area contributed by atoms with Gasteiger partial charge in [0.05, 0.1) is 33.2 Å². The van der Waals surface area contributed by atoms with Gasteiger partial charge in [0.1, 0.15) is 17.4 Å². The van der Waals surface area contributed by atoms with E-state index in [9.17, 15) is 5.26 Å². The number of ether oxygens (including phenoxy) is 3. The molecular weight excluding hydrogens is 408 g/mol. The van der Waals surface area contributed by atoms with Gasteiger partial charge in [0.2, 0.25) is 0 Å². The summed E-state index contributed by atoms with van der Waals surface area (Å²) >= 11 is 0. The minimum absolute atomic E-state index is 0.448. The van der Waals surface area contributed by atoms with Crippen LogP contribution in [0.4, 0.5) is 11.5 Å². The fraction of sp³-hybridized carbons (Fsp3) is 0.130. The van der Waals surface area contributed by atoms with Gasteiger partial charge in [-0.15, -0.1) is 0 Å². The number of benzene rings is 2. The van der Waals surface area contributed by atoms with Crippen LogP contribution < -0.4 is 19.5 Å². The van der Waals surface area contributed by atoms with E-state index >= 15 is 0 Å². The van der Waals surface area contributed by atoms with Gasteiger partial charge in [0.25, 0.3) is 0 Å². The Morgan fingerprint density at radius 3 is 2.62 bits per heavy atom. The Morgan fingerprint density at radius 1 is 1.03 bits per heavy atom. The van der Waals surface area contributed by atoms with Crippen LogP contribution in [0.25, 0.3) is 27.8 Å². The molecule has 32 heavy (non-hydrogen) atoms. The van der Waals surface area contributed by atoms with E-state index in [1.807, 2.05) is 42.6 Å². The number of imidazole rings is 1. The maximum Gasteiger partial charge on any atom is 0.162 e. The second-order valence-electron chi connectivity index (χ2n) is 7.09. The van der Waals surface area contributed by atoms with Gasteiger partial charge in [-0.25, -0.2) is 0 Å². The van der Waals surface area contributed by atoms with Crippen LogP contribution in [0.1, 0.15) is 5.56 Å². The quantitative estimate of drug-likeness (QED) is 0.368. The summed E-state index contributed by atoms with van der Waals surface area (Å²) in [6.07, 6.45) is 3.45. The third kappa shape index (κ3) is 2.97. The van der Waals surface area contributed by atoms with Gasteiger partial charge in [-0.05, 0) is 30.3 Å². The Balaban J connectivity index is 1.70. The number of H-pyrrole nitrogens is 2. The Labute approximate surface area is 183 Å². The first-order valence-electron chi connectivity index (χ1n) is 9.81. The lowest BCUT2D eigenvalue weighted by molar-refractivity contribution is 0.355. The standard InChI is InChI=1S/C23H20N6O3/c1-30-15-5-6-18-16(9-15)17(12-25-18)21-23(29-22(28-21)13(10-24)11-26-29)27-14-4-7-19(31-2)20(8-14)32-3/h4-9,11-12,25,27-28H,1-3H3. The van der Waals surface area contributed by atoms with Gasteiger partial charge >= 0.3 is 0 Å². The van der Waals surface area contributed by atoms with Crippen molar-refractivity contribution in [3.05, 3.63) is 54.4 Å². The van der Waals surface area contributed by atoms with Crippen molar-refractivity contribution in [1.29, 1.82) is 5.26 Å². The summed E-state index contributed by atoms with van der Waals surface area (Å²) in [7, 11) is 4.82. The number of fused-ring (bicyclic) bond motifs is 2. The molecule has 0 amide bonds. The summed E-state index contributed by atoms with van der Waals surface area (Å²) in [6, 6.07) is 13.6. The lowest BCUT2D eigenvalue weighted by Gasteiger charge is -2.12. The highest BCUT2D eigenvalue weighted by Crippen LogP contribution is 2.38. The van der Waals surface area contributed by atoms with Crippen LogP contribution >= 0.6 is 0 Å². The van der Waals surface area contributed by atoms with Crippen LogP contribution in [0.5, 0.6) is 17.2 Å². The first kappa shape index (κ1) is 19.4. The van der Waals surface area contributed by atoms with Crippen molar-refractivity contribution in [1.82, 2.24) is 19.6 Å². The third-order valence-corrected chi connectivity index (χ3v) is 5.39. The topological polar surface area (TPSA) is 112 Å². The van der Waals surface area contributed by atoms with Crippen molar-refractivity contribution in [2.45, 2.75) is 0 Å². The molecule has 0 aliphatic heterocycles. The van der Waals surface area contributed by atoms with E-state index in [2.05, 4.69) is 26.5 Å². The van der Waals surface area contributed by atoms with Crippen LogP contribution in [-0.2, 0) is 0 Å². The SMILES string of the molecule is COc1ccc2[nH]cc(-c3[nH]c4c(C#N)cnn4c3Nc3ccc(OC)c(OC)c3)c2c1. The molecule has 9 nitrogen and oxygen atoms in total. The number of rotatable bonds is 6. The maximum atomic E-state index is 9.51. The number of methoxy groups -OCH3 is 3. The van der Waals surface area contributed by atoms with E-state index in [4.69, 9.17) is 14.2 Å². The number of hydrogen-bond acceptors (Lipinski definition) is 6. The third-order valence-electron chi connectivity index (χ3n) is 5.39. The number of aromatic nitrogens is 4. The van der Waals surface area contributed by atoms with Gasteiger partial charge in [-0.2, -0.15) is 14.9 Å². The molecule has 0 radical (unpaired) electrons. The fourth-order valence-electron chi connectivity index (χ4n) is 3.80. The molecule has 0 bridgehead atoms. The van der Waals surface area contributed by atoms with Gasteiger partial charge < -0.3 is 29.5 Å². The van der Waals surface area contributed by atoms with Gasteiger partial charge in [0.15, 0.2) is 23.0 Å². The average Bonchev–Trinajstić information content (AvgIpc) is 3.52. The predicted molar refractivity (Wildman–Crippen MR) is 121 cm³/mol. The van der Waals surface area contributed by atoms with Crippen molar-refractivity contribution in [3.63, 3.8) is 0 Å². The zero-order valence-electron chi connectivity index (χ0n) is 17.7. The Kier molecular flexibility index (Phi) is 4.60. The van der Waals surface area contributed by atoms with Crippen molar-refractivity contribution >= 4 is 28.1 Å². The van der Waals surface area contributed by atoms with E-state index in [-0.39, 0.29) is 0 Å². The molecular formula is C23H20N6O3. The molecule has 3 heterocycles. The lowest BCUT2D eigenvalue weighted by Crippen LogP contribution is -1.99. The van der Waals surface area contributed by atoms with E-state index in [1.165, 1.54) is 6.20 Å². The predicted octanol–water partition coefficient (Wildman–Crippen LogP) is 4.45. The van der Waals surface area contributed by atoms with Gasteiger partial charge in [-0.3, -0.25) is 0 Å². The van der Waals surface area contributed by atoms with E-state index < -0.39 is 0 Å². The van der Waals surface area contributed by atoms with Crippen LogP contribution in [0.15, 0.2) is 48.8 Å². The molecule has 0 aliphatic carbocycles. The molecule has 160 valence electrons. The highest BCUT2D eigenvalue weighted by Gasteiger charge is 2.20. The number of anilines is 2. The second-order valence-corrected chi connectivity index (χ2v) is 7.09. The molecule has 0 unspecified atom stereocenters. The first-order valence-corrected chi connectivity index (χ1v) is 9.81. The molecule has 0 aliphatic rings. The summed E-state index contributed by atoms with van der Waals surface area (Å²) in [4.78, 5) is 6.66. The minimum Gasteiger partial charge on any atom is -0.497 e. The van der Waals surface area contributed by atoms with Crippen molar-refractivity contribution in [3.8, 4) is 34.6 Å². The Bertz CT molecular complexity index is 1490. The summed E-state index contributed by atoms with van der Waals surface area (Å²) in [5.41, 5.74) is 4.48.